The molecule has 4 heteroatoms. The Balaban J connectivity index is 2.15. The van der Waals surface area contributed by atoms with E-state index in [1.54, 1.807) is 17.1 Å². The molecule has 20 heavy (non-hydrogen) atoms. The number of aromatic nitrogens is 2. The second-order valence-electron chi connectivity index (χ2n) is 7.26. The van der Waals surface area contributed by atoms with Gasteiger partial charge in [0.05, 0.1) is 17.7 Å². The highest BCUT2D eigenvalue weighted by molar-refractivity contribution is 5.18. The van der Waals surface area contributed by atoms with Crippen molar-refractivity contribution in [2.75, 3.05) is 0 Å². The van der Waals surface area contributed by atoms with Gasteiger partial charge in [-0.05, 0) is 37.0 Å². The van der Waals surface area contributed by atoms with E-state index in [2.05, 4.69) is 31.9 Å². The van der Waals surface area contributed by atoms with Crippen LogP contribution in [0.1, 0.15) is 58.1 Å². The first-order chi connectivity index (χ1) is 9.28. The summed E-state index contributed by atoms with van der Waals surface area (Å²) in [6, 6.07) is 2.41. The minimum absolute atomic E-state index is 0.279. The number of aliphatic hydroxyl groups excluding tert-OH is 1. The quantitative estimate of drug-likeness (QED) is 0.901. The zero-order valence-corrected chi connectivity index (χ0v) is 12.9. The first-order valence-electron chi connectivity index (χ1n) is 7.36. The van der Waals surface area contributed by atoms with Crippen molar-refractivity contribution in [1.29, 1.82) is 5.26 Å². The molecule has 0 aromatic carbocycles. The third kappa shape index (κ3) is 2.73. The van der Waals surface area contributed by atoms with Crippen LogP contribution in [0.15, 0.2) is 12.4 Å². The fraction of sp³-hybridized carbons (Fsp3) is 0.750. The van der Waals surface area contributed by atoms with Crippen molar-refractivity contribution in [2.45, 2.75) is 52.6 Å². The van der Waals surface area contributed by atoms with E-state index in [1.807, 2.05) is 7.05 Å². The van der Waals surface area contributed by atoms with Crippen LogP contribution in [0.2, 0.25) is 0 Å². The predicted octanol–water partition coefficient (Wildman–Crippen LogP) is 3.20. The van der Waals surface area contributed by atoms with E-state index in [-0.39, 0.29) is 5.41 Å². The van der Waals surface area contributed by atoms with Crippen molar-refractivity contribution in [3.63, 3.8) is 0 Å². The lowest BCUT2D eigenvalue weighted by molar-refractivity contribution is 0.00838. The van der Waals surface area contributed by atoms with Crippen LogP contribution < -0.4 is 0 Å². The molecule has 1 atom stereocenters. The molecule has 1 unspecified atom stereocenters. The van der Waals surface area contributed by atoms with Gasteiger partial charge in [-0.3, -0.25) is 4.68 Å². The standard InChI is InChI=1S/C16H25N3O/c1-15(2,3)13-5-7-16(11-17,8-6-13)14(20)12-9-18-19(4)10-12/h9-10,13-14,20H,5-8H2,1-4H3. The largest absolute Gasteiger partial charge is 0.387 e. The second kappa shape index (κ2) is 5.21. The third-order valence-electron chi connectivity index (χ3n) is 4.89. The van der Waals surface area contributed by atoms with Gasteiger partial charge in [0.2, 0.25) is 0 Å². The van der Waals surface area contributed by atoms with E-state index >= 15 is 0 Å². The van der Waals surface area contributed by atoms with Gasteiger partial charge in [0.15, 0.2) is 0 Å². The predicted molar refractivity (Wildman–Crippen MR) is 77.6 cm³/mol. The van der Waals surface area contributed by atoms with Gasteiger partial charge in [-0.1, -0.05) is 20.8 Å². The zero-order valence-electron chi connectivity index (χ0n) is 12.9. The lowest BCUT2D eigenvalue weighted by Gasteiger charge is -2.42. The van der Waals surface area contributed by atoms with Crippen LogP contribution in [0.25, 0.3) is 0 Å². The van der Waals surface area contributed by atoms with E-state index in [9.17, 15) is 10.4 Å². The van der Waals surface area contributed by atoms with Gasteiger partial charge in [-0.2, -0.15) is 10.4 Å². The lowest BCUT2D eigenvalue weighted by atomic mass is 9.62. The molecule has 1 aromatic rings. The zero-order chi connectivity index (χ0) is 15.0. The van der Waals surface area contributed by atoms with Gasteiger partial charge in [0, 0.05) is 18.8 Å². The Morgan fingerprint density at radius 3 is 2.45 bits per heavy atom. The number of nitrogens with zero attached hydrogens (tertiary/aromatic N) is 3. The summed E-state index contributed by atoms with van der Waals surface area (Å²) in [5.41, 5.74) is 0.384. The Hall–Kier alpha value is -1.34. The van der Waals surface area contributed by atoms with Crippen molar-refractivity contribution in [3.8, 4) is 6.07 Å². The number of hydrogen-bond acceptors (Lipinski definition) is 3. The monoisotopic (exact) mass is 275 g/mol. The smallest absolute Gasteiger partial charge is 0.101 e. The van der Waals surface area contributed by atoms with Crippen LogP contribution in [0.3, 0.4) is 0 Å². The molecule has 0 radical (unpaired) electrons. The summed E-state index contributed by atoms with van der Waals surface area (Å²) in [6.07, 6.45) is 6.28. The molecule has 1 fully saturated rings. The minimum atomic E-state index is -0.734. The molecule has 1 saturated carbocycles. The van der Waals surface area contributed by atoms with E-state index < -0.39 is 11.5 Å². The topological polar surface area (TPSA) is 61.8 Å². The van der Waals surface area contributed by atoms with Gasteiger partial charge in [-0.25, -0.2) is 0 Å². The van der Waals surface area contributed by atoms with E-state index in [0.717, 1.165) is 31.2 Å². The average molecular weight is 275 g/mol. The number of aliphatic hydroxyl groups is 1. The number of rotatable bonds is 2. The van der Waals surface area contributed by atoms with Crippen molar-refractivity contribution in [3.05, 3.63) is 18.0 Å². The molecule has 4 nitrogen and oxygen atoms in total. The van der Waals surface area contributed by atoms with E-state index in [0.29, 0.717) is 5.92 Å². The summed E-state index contributed by atoms with van der Waals surface area (Å²) in [7, 11) is 1.83. The van der Waals surface area contributed by atoms with Crippen LogP contribution in [0.4, 0.5) is 0 Å². The lowest BCUT2D eigenvalue weighted by Crippen LogP contribution is -2.35. The van der Waals surface area contributed by atoms with Crippen LogP contribution in [-0.2, 0) is 7.05 Å². The highest BCUT2D eigenvalue weighted by Gasteiger charge is 2.44. The molecule has 0 aliphatic heterocycles. The average Bonchev–Trinajstić information content (AvgIpc) is 2.83. The van der Waals surface area contributed by atoms with Crippen molar-refractivity contribution < 1.29 is 5.11 Å². The molecule has 0 saturated heterocycles. The molecule has 0 bridgehead atoms. The van der Waals surface area contributed by atoms with Crippen molar-refractivity contribution in [2.24, 2.45) is 23.8 Å². The molecule has 0 amide bonds. The van der Waals surface area contributed by atoms with Gasteiger partial charge in [0.25, 0.3) is 0 Å². The number of hydrogen-bond donors (Lipinski definition) is 1. The Kier molecular flexibility index (Phi) is 3.93. The first-order valence-corrected chi connectivity index (χ1v) is 7.36. The highest BCUT2D eigenvalue weighted by Crippen LogP contribution is 2.50. The Labute approximate surface area is 121 Å². The van der Waals surface area contributed by atoms with Crippen LogP contribution >= 0.6 is 0 Å². The summed E-state index contributed by atoms with van der Waals surface area (Å²) >= 11 is 0. The first kappa shape index (κ1) is 15.1. The summed E-state index contributed by atoms with van der Waals surface area (Å²) in [6.45, 7) is 6.78. The summed E-state index contributed by atoms with van der Waals surface area (Å²) < 4.78 is 1.67. The fourth-order valence-electron chi connectivity index (χ4n) is 3.35. The molecular formula is C16H25N3O. The second-order valence-corrected chi connectivity index (χ2v) is 7.26. The van der Waals surface area contributed by atoms with Gasteiger partial charge in [0.1, 0.15) is 6.10 Å². The molecule has 110 valence electrons. The highest BCUT2D eigenvalue weighted by atomic mass is 16.3. The fourth-order valence-corrected chi connectivity index (χ4v) is 3.35. The van der Waals surface area contributed by atoms with Crippen LogP contribution in [-0.4, -0.2) is 14.9 Å². The minimum Gasteiger partial charge on any atom is -0.387 e. The van der Waals surface area contributed by atoms with Gasteiger partial charge in [-0.15, -0.1) is 0 Å². The maximum Gasteiger partial charge on any atom is 0.101 e. The van der Waals surface area contributed by atoms with Crippen LogP contribution in [0, 0.1) is 28.1 Å². The molecule has 1 aliphatic rings. The summed E-state index contributed by atoms with van der Waals surface area (Å²) in [5.74, 6) is 0.630. The SMILES string of the molecule is Cn1cc(C(O)C2(C#N)CCC(C(C)(C)C)CC2)cn1. The molecule has 1 aliphatic carbocycles. The summed E-state index contributed by atoms with van der Waals surface area (Å²) in [4.78, 5) is 0. The van der Waals surface area contributed by atoms with Crippen molar-refractivity contribution in [1.82, 2.24) is 9.78 Å². The normalized spacial score (nSPS) is 28.9. The van der Waals surface area contributed by atoms with Gasteiger partial charge < -0.3 is 5.11 Å². The Morgan fingerprint density at radius 1 is 1.45 bits per heavy atom. The van der Waals surface area contributed by atoms with Crippen molar-refractivity contribution >= 4 is 0 Å². The summed E-state index contributed by atoms with van der Waals surface area (Å²) in [5, 5.41) is 24.4. The molecular weight excluding hydrogens is 250 g/mol. The number of nitriles is 1. The Morgan fingerprint density at radius 2 is 2.05 bits per heavy atom. The maximum atomic E-state index is 10.6. The molecule has 0 spiro atoms. The molecule has 2 rings (SSSR count). The van der Waals surface area contributed by atoms with E-state index in [4.69, 9.17) is 0 Å². The number of aryl methyl sites for hydroxylation is 1. The Bertz CT molecular complexity index is 499. The van der Waals surface area contributed by atoms with Crippen LogP contribution in [0.5, 0.6) is 0 Å². The molecule has 1 heterocycles. The third-order valence-corrected chi connectivity index (χ3v) is 4.89. The van der Waals surface area contributed by atoms with E-state index in [1.165, 1.54) is 0 Å². The van der Waals surface area contributed by atoms with Gasteiger partial charge >= 0.3 is 0 Å². The maximum absolute atomic E-state index is 10.6. The molecule has 1 N–H and O–H groups in total. The molecule has 1 aromatic heterocycles.